The average molecular weight is 565 g/mol. The molecule has 5 rings (SSSR count). The molecule has 9 atom stereocenters. The van der Waals surface area contributed by atoms with Crippen LogP contribution < -0.4 is 0 Å². The Bertz CT molecular complexity index is 1140. The fourth-order valence-corrected chi connectivity index (χ4v) is 11.3. The van der Waals surface area contributed by atoms with E-state index in [0.29, 0.717) is 47.0 Å². The zero-order valence-electron chi connectivity index (χ0n) is 26.8. The second-order valence-corrected chi connectivity index (χ2v) is 16.3. The summed E-state index contributed by atoms with van der Waals surface area (Å²) >= 11 is 0. The van der Waals surface area contributed by atoms with E-state index in [1.807, 2.05) is 0 Å². The van der Waals surface area contributed by atoms with Gasteiger partial charge in [-0.3, -0.25) is 4.79 Å². The van der Waals surface area contributed by atoms with Gasteiger partial charge in [0.15, 0.2) is 0 Å². The van der Waals surface area contributed by atoms with Crippen molar-refractivity contribution < 1.29 is 19.8 Å². The minimum absolute atomic E-state index is 0.0993. The molecule has 4 saturated carbocycles. The fourth-order valence-electron chi connectivity index (χ4n) is 11.3. The molecule has 1 aromatic carbocycles. The van der Waals surface area contributed by atoms with E-state index in [9.17, 15) is 19.8 Å². The van der Waals surface area contributed by atoms with Crippen molar-refractivity contribution in [1.82, 2.24) is 0 Å². The summed E-state index contributed by atoms with van der Waals surface area (Å²) in [5, 5.41) is 20.1. The Morgan fingerprint density at radius 1 is 0.805 bits per heavy atom. The lowest BCUT2D eigenvalue weighted by Crippen LogP contribution is -2.60. The van der Waals surface area contributed by atoms with Crippen LogP contribution in [-0.4, -0.2) is 22.2 Å². The van der Waals surface area contributed by atoms with Gasteiger partial charge in [-0.15, -0.1) is 0 Å². The first-order valence-electron chi connectivity index (χ1n) is 16.8. The van der Waals surface area contributed by atoms with Crippen LogP contribution in [0.4, 0.5) is 0 Å². The maximum Gasteiger partial charge on any atom is 0.335 e. The Labute approximate surface area is 249 Å². The molecular formula is C37H56O4. The summed E-state index contributed by atoms with van der Waals surface area (Å²) < 4.78 is 0. The van der Waals surface area contributed by atoms with Gasteiger partial charge >= 0.3 is 11.9 Å². The maximum absolute atomic E-state index is 12.9. The van der Waals surface area contributed by atoms with E-state index in [4.69, 9.17) is 0 Å². The molecule has 9 unspecified atom stereocenters. The van der Waals surface area contributed by atoms with Crippen molar-refractivity contribution in [3.05, 3.63) is 35.4 Å². The van der Waals surface area contributed by atoms with Gasteiger partial charge in [0.05, 0.1) is 11.0 Å². The molecule has 0 heterocycles. The van der Waals surface area contributed by atoms with Gasteiger partial charge < -0.3 is 10.2 Å². The van der Waals surface area contributed by atoms with Gasteiger partial charge in [0.1, 0.15) is 0 Å². The third-order valence-corrected chi connectivity index (χ3v) is 14.5. The molecule has 228 valence electrons. The van der Waals surface area contributed by atoms with Gasteiger partial charge in [-0.1, -0.05) is 67.0 Å². The third-order valence-electron chi connectivity index (χ3n) is 14.5. The molecule has 1 aromatic rings. The van der Waals surface area contributed by atoms with E-state index in [1.165, 1.54) is 44.1 Å². The number of fused-ring (bicyclic) bond motifs is 5. The summed E-state index contributed by atoms with van der Waals surface area (Å²) in [4.78, 5) is 24.4. The highest BCUT2D eigenvalue weighted by molar-refractivity contribution is 5.87. The lowest BCUT2D eigenvalue weighted by atomic mass is 9.38. The maximum atomic E-state index is 12.9. The minimum atomic E-state index is -0.862. The molecule has 4 fully saturated rings. The second kappa shape index (κ2) is 10.7. The van der Waals surface area contributed by atoms with Crippen LogP contribution in [0.5, 0.6) is 0 Å². The second-order valence-electron chi connectivity index (χ2n) is 16.3. The number of carboxylic acids is 2. The van der Waals surface area contributed by atoms with Crippen molar-refractivity contribution in [1.29, 1.82) is 0 Å². The Morgan fingerprint density at radius 3 is 2.10 bits per heavy atom. The first-order valence-corrected chi connectivity index (χ1v) is 16.8. The van der Waals surface area contributed by atoms with Gasteiger partial charge in [-0.25, -0.2) is 4.79 Å². The quantitative estimate of drug-likeness (QED) is 0.382. The normalized spacial score (nSPS) is 42.5. The molecule has 0 bridgehead atoms. The predicted molar refractivity (Wildman–Crippen MR) is 165 cm³/mol. The molecule has 41 heavy (non-hydrogen) atoms. The van der Waals surface area contributed by atoms with Gasteiger partial charge in [-0.2, -0.15) is 0 Å². The Morgan fingerprint density at radius 2 is 1.49 bits per heavy atom. The molecule has 4 aliphatic rings. The van der Waals surface area contributed by atoms with Crippen molar-refractivity contribution in [2.75, 3.05) is 0 Å². The number of hydrogen-bond acceptors (Lipinski definition) is 2. The van der Waals surface area contributed by atoms with Gasteiger partial charge in [0, 0.05) is 0 Å². The average Bonchev–Trinajstić information content (AvgIpc) is 3.32. The molecule has 0 saturated heterocycles. The molecule has 0 aromatic heterocycles. The topological polar surface area (TPSA) is 74.6 Å². The van der Waals surface area contributed by atoms with Crippen LogP contribution in [0, 0.1) is 57.2 Å². The summed E-state index contributed by atoms with van der Waals surface area (Å²) in [6, 6.07) is 7.69. The monoisotopic (exact) mass is 564 g/mol. The molecule has 0 amide bonds. The zero-order valence-corrected chi connectivity index (χ0v) is 26.8. The van der Waals surface area contributed by atoms with Crippen LogP contribution in [0.3, 0.4) is 0 Å². The summed E-state index contributed by atoms with van der Waals surface area (Å²) in [6.45, 7) is 17.2. The fraction of sp³-hybridized carbons (Fsp3) is 0.784. The van der Waals surface area contributed by atoms with Crippen LogP contribution in [0.15, 0.2) is 24.3 Å². The van der Waals surface area contributed by atoms with Gasteiger partial charge in [-0.05, 0) is 140 Å². The van der Waals surface area contributed by atoms with E-state index in [-0.39, 0.29) is 16.2 Å². The summed E-state index contributed by atoms with van der Waals surface area (Å²) in [5.74, 6) is 2.15. The number of rotatable bonds is 4. The van der Waals surface area contributed by atoms with E-state index in [1.54, 1.807) is 12.1 Å². The van der Waals surface area contributed by atoms with Crippen molar-refractivity contribution >= 4 is 11.9 Å². The standard InChI is InChI=1S/C37H56O4/c1-23(2)28-18-20-37(33(40)41)22-21-36(7)30(31(28)37)16-15-27-9-8-10-29(25-11-13-26(14-12-25)32(38)39)34(4,5)24(3)17-19-35(27,36)6/h11-14,23-24,27-31H,8-10,15-22H2,1-7H3,(H,38,39)(H,40,41). The van der Waals surface area contributed by atoms with E-state index in [0.717, 1.165) is 32.1 Å². The molecule has 0 aliphatic heterocycles. The minimum Gasteiger partial charge on any atom is -0.481 e. The molecule has 4 heteroatoms. The van der Waals surface area contributed by atoms with E-state index >= 15 is 0 Å². The smallest absolute Gasteiger partial charge is 0.335 e. The highest BCUT2D eigenvalue weighted by Gasteiger charge is 2.68. The van der Waals surface area contributed by atoms with Gasteiger partial charge in [0.2, 0.25) is 0 Å². The molecule has 0 spiro atoms. The van der Waals surface area contributed by atoms with Crippen LogP contribution >= 0.6 is 0 Å². The molecule has 4 nitrogen and oxygen atoms in total. The van der Waals surface area contributed by atoms with Crippen LogP contribution in [0.25, 0.3) is 0 Å². The lowest BCUT2D eigenvalue weighted by Gasteiger charge is -2.66. The van der Waals surface area contributed by atoms with Crippen LogP contribution in [-0.2, 0) is 4.79 Å². The highest BCUT2D eigenvalue weighted by atomic mass is 16.4. The van der Waals surface area contributed by atoms with E-state index in [2.05, 4.69) is 60.6 Å². The summed E-state index contributed by atoms with van der Waals surface area (Å²) in [6.07, 6.45) is 12.3. The largest absolute Gasteiger partial charge is 0.481 e. The molecule has 0 radical (unpaired) electrons. The molecular weight excluding hydrogens is 508 g/mol. The number of benzene rings is 1. The number of carbonyl (C=O) groups is 2. The number of carboxylic acid groups (broad SMARTS) is 2. The SMILES string of the molecule is CC(C)C1CCC2(C(=O)O)CCC3(C)C(CCC4CCCC(c5ccc(C(=O)O)cc5)C(C)(C)C(C)CCC43C)C12. The molecule has 2 N–H and O–H groups in total. The van der Waals surface area contributed by atoms with Gasteiger partial charge in [0.25, 0.3) is 0 Å². The lowest BCUT2D eigenvalue weighted by molar-refractivity contribution is -0.192. The number of hydrogen-bond donors (Lipinski definition) is 2. The van der Waals surface area contributed by atoms with E-state index < -0.39 is 17.4 Å². The molecule has 4 aliphatic carbocycles. The van der Waals surface area contributed by atoms with Crippen LogP contribution in [0.1, 0.15) is 141 Å². The van der Waals surface area contributed by atoms with Crippen molar-refractivity contribution in [2.45, 2.75) is 125 Å². The Kier molecular flexibility index (Phi) is 7.99. The Balaban J connectivity index is 1.46. The highest BCUT2D eigenvalue weighted by Crippen LogP contribution is 2.73. The number of aliphatic carboxylic acids is 1. The van der Waals surface area contributed by atoms with Crippen molar-refractivity contribution in [3.8, 4) is 0 Å². The third kappa shape index (κ3) is 4.69. The Hall–Kier alpha value is -1.84. The zero-order chi connectivity index (χ0) is 30.0. The first-order chi connectivity index (χ1) is 19.2. The van der Waals surface area contributed by atoms with Crippen LogP contribution in [0.2, 0.25) is 0 Å². The number of aromatic carboxylic acids is 1. The van der Waals surface area contributed by atoms with Crippen molar-refractivity contribution in [3.63, 3.8) is 0 Å². The summed E-state index contributed by atoms with van der Waals surface area (Å²) in [5.41, 5.74) is 1.65. The summed E-state index contributed by atoms with van der Waals surface area (Å²) in [7, 11) is 0. The first kappa shape index (κ1) is 30.6. The van der Waals surface area contributed by atoms with Crippen molar-refractivity contribution in [2.24, 2.45) is 57.2 Å². The predicted octanol–water partition coefficient (Wildman–Crippen LogP) is 9.68.